The van der Waals surface area contributed by atoms with E-state index in [4.69, 9.17) is 0 Å². The second-order valence-corrected chi connectivity index (χ2v) is 3.10. The fraction of sp³-hybridized carbons (Fsp3) is 0.111. The van der Waals surface area contributed by atoms with Crippen LogP contribution in [0.4, 0.5) is 10.1 Å². The van der Waals surface area contributed by atoms with Gasteiger partial charge in [-0.05, 0) is 28.6 Å². The minimum Gasteiger partial charge on any atom is -0.324 e. The molecule has 1 aromatic heterocycles. The molecule has 0 spiro atoms. The van der Waals surface area contributed by atoms with Gasteiger partial charge in [0.15, 0.2) is 0 Å². The number of carbonyl (C=O) groups excluding carboxylic acids is 1. The number of nitrogens with one attached hydrogen (secondary N) is 1. The number of nitrogens with zero attached hydrogens (tertiary/aromatic N) is 4. The summed E-state index contributed by atoms with van der Waals surface area (Å²) in [6.07, 6.45) is 1.38. The first-order valence-electron chi connectivity index (χ1n) is 4.47. The predicted molar refractivity (Wildman–Crippen MR) is 53.4 cm³/mol. The van der Waals surface area contributed by atoms with Crippen molar-refractivity contribution in [1.82, 2.24) is 20.2 Å². The smallest absolute Gasteiger partial charge is 0.221 e. The van der Waals surface area contributed by atoms with Crippen LogP contribution in [0.5, 0.6) is 0 Å². The minimum absolute atomic E-state index is 0.0977. The fourth-order valence-electron chi connectivity index (χ4n) is 1.22. The number of tetrazole rings is 1. The van der Waals surface area contributed by atoms with Crippen molar-refractivity contribution < 1.29 is 9.18 Å². The predicted octanol–water partition coefficient (Wildman–Crippen LogP) is 0.760. The molecule has 2 rings (SSSR count). The van der Waals surface area contributed by atoms with Gasteiger partial charge < -0.3 is 5.32 Å². The molecular weight excluding hydrogens is 213 g/mol. The highest BCUT2D eigenvalue weighted by molar-refractivity contribution is 5.89. The molecule has 0 aliphatic rings. The average molecular weight is 221 g/mol. The van der Waals surface area contributed by atoms with Gasteiger partial charge >= 0.3 is 0 Å². The lowest BCUT2D eigenvalue weighted by Crippen LogP contribution is -2.08. The number of amides is 1. The van der Waals surface area contributed by atoms with Crippen molar-refractivity contribution in [3.63, 3.8) is 0 Å². The van der Waals surface area contributed by atoms with Crippen molar-refractivity contribution in [2.24, 2.45) is 0 Å². The number of hydrogen-bond donors (Lipinski definition) is 1. The lowest BCUT2D eigenvalue weighted by molar-refractivity contribution is -0.114. The van der Waals surface area contributed by atoms with Gasteiger partial charge in [0.1, 0.15) is 12.1 Å². The van der Waals surface area contributed by atoms with Gasteiger partial charge in [-0.25, -0.2) is 9.07 Å². The van der Waals surface area contributed by atoms with Crippen LogP contribution in [0.1, 0.15) is 6.92 Å². The van der Waals surface area contributed by atoms with Crippen LogP contribution < -0.4 is 5.32 Å². The molecule has 0 saturated heterocycles. The molecule has 0 bridgehead atoms. The Morgan fingerprint density at radius 2 is 2.31 bits per heavy atom. The van der Waals surface area contributed by atoms with E-state index >= 15 is 0 Å². The lowest BCUT2D eigenvalue weighted by atomic mass is 10.2. The molecule has 1 aromatic carbocycles. The van der Waals surface area contributed by atoms with Crippen LogP contribution in [-0.4, -0.2) is 26.1 Å². The molecule has 0 radical (unpaired) electrons. The summed E-state index contributed by atoms with van der Waals surface area (Å²) in [5.41, 5.74) is 0.663. The number of carbonyl (C=O) groups is 1. The molecule has 0 aliphatic carbocycles. The number of rotatable bonds is 2. The van der Waals surface area contributed by atoms with Crippen molar-refractivity contribution in [3.8, 4) is 5.69 Å². The topological polar surface area (TPSA) is 72.7 Å². The Morgan fingerprint density at radius 3 is 2.94 bits per heavy atom. The van der Waals surface area contributed by atoms with E-state index < -0.39 is 5.82 Å². The molecule has 82 valence electrons. The quantitative estimate of drug-likeness (QED) is 0.812. The molecule has 7 heteroatoms. The van der Waals surface area contributed by atoms with E-state index in [2.05, 4.69) is 20.8 Å². The van der Waals surface area contributed by atoms with E-state index in [0.717, 1.165) is 0 Å². The van der Waals surface area contributed by atoms with Gasteiger partial charge in [-0.15, -0.1) is 5.10 Å². The molecule has 1 N–H and O–H groups in total. The molecule has 0 saturated carbocycles. The lowest BCUT2D eigenvalue weighted by Gasteiger charge is -2.06. The van der Waals surface area contributed by atoms with Crippen LogP contribution in [-0.2, 0) is 4.79 Å². The maximum atomic E-state index is 13.3. The summed E-state index contributed by atoms with van der Waals surface area (Å²) in [6.45, 7) is 1.31. The molecule has 1 amide bonds. The van der Waals surface area contributed by atoms with Crippen molar-refractivity contribution >= 4 is 11.6 Å². The Kier molecular flexibility index (Phi) is 2.59. The molecule has 16 heavy (non-hydrogen) atoms. The summed E-state index contributed by atoms with van der Waals surface area (Å²) in [5, 5.41) is 13.0. The van der Waals surface area contributed by atoms with Crippen LogP contribution in [0.25, 0.3) is 5.69 Å². The van der Waals surface area contributed by atoms with E-state index in [1.807, 2.05) is 0 Å². The van der Waals surface area contributed by atoms with Crippen LogP contribution in [0.2, 0.25) is 0 Å². The third-order valence-corrected chi connectivity index (χ3v) is 1.87. The Hall–Kier alpha value is -2.31. The zero-order valence-electron chi connectivity index (χ0n) is 8.38. The highest BCUT2D eigenvalue weighted by Crippen LogP contribution is 2.17. The molecule has 1 heterocycles. The Morgan fingerprint density at radius 1 is 1.50 bits per heavy atom. The number of hydrogen-bond acceptors (Lipinski definition) is 4. The molecule has 0 fully saturated rings. The summed E-state index contributed by atoms with van der Waals surface area (Å²) < 4.78 is 14.7. The van der Waals surface area contributed by atoms with Crippen LogP contribution >= 0.6 is 0 Å². The molecule has 2 aromatic rings. The van der Waals surface area contributed by atoms with Gasteiger partial charge in [-0.2, -0.15) is 0 Å². The van der Waals surface area contributed by atoms with Gasteiger partial charge in [-0.3, -0.25) is 4.79 Å². The largest absolute Gasteiger partial charge is 0.324 e. The van der Waals surface area contributed by atoms with Crippen LogP contribution in [0, 0.1) is 5.82 Å². The number of halogens is 1. The van der Waals surface area contributed by atoms with E-state index in [1.165, 1.54) is 36.1 Å². The standard InChI is InChI=1S/C9H8FN5O/c1-6(16)12-9-4-7(2-3-8(9)10)15-5-11-13-14-15/h2-5H,1H3,(H,12,16). The maximum absolute atomic E-state index is 13.3. The van der Waals surface area contributed by atoms with Gasteiger partial charge in [0.2, 0.25) is 5.91 Å². The maximum Gasteiger partial charge on any atom is 0.221 e. The highest BCUT2D eigenvalue weighted by atomic mass is 19.1. The van der Waals surface area contributed by atoms with Crippen LogP contribution in [0.15, 0.2) is 24.5 Å². The fourth-order valence-corrected chi connectivity index (χ4v) is 1.22. The van der Waals surface area contributed by atoms with Crippen LogP contribution in [0.3, 0.4) is 0 Å². The first kappa shape index (κ1) is 10.2. The summed E-state index contributed by atoms with van der Waals surface area (Å²) in [7, 11) is 0. The molecular formula is C9H8FN5O. The SMILES string of the molecule is CC(=O)Nc1cc(-n2cnnn2)ccc1F. The van der Waals surface area contributed by atoms with Gasteiger partial charge in [0.05, 0.1) is 11.4 Å². The van der Waals surface area contributed by atoms with Crippen molar-refractivity contribution in [1.29, 1.82) is 0 Å². The first-order chi connectivity index (χ1) is 7.66. The van der Waals surface area contributed by atoms with E-state index in [-0.39, 0.29) is 11.6 Å². The third kappa shape index (κ3) is 2.02. The Labute approximate surface area is 90.1 Å². The molecule has 0 unspecified atom stereocenters. The zero-order chi connectivity index (χ0) is 11.5. The second-order valence-electron chi connectivity index (χ2n) is 3.10. The Balaban J connectivity index is 2.39. The molecule has 0 aliphatic heterocycles. The normalized spacial score (nSPS) is 10.1. The number of aromatic nitrogens is 4. The van der Waals surface area contributed by atoms with E-state index in [1.54, 1.807) is 0 Å². The van der Waals surface area contributed by atoms with Gasteiger partial charge in [0, 0.05) is 6.92 Å². The average Bonchev–Trinajstić information content (AvgIpc) is 2.73. The third-order valence-electron chi connectivity index (χ3n) is 1.87. The number of benzene rings is 1. The van der Waals surface area contributed by atoms with E-state index in [9.17, 15) is 9.18 Å². The summed E-state index contributed by atoms with van der Waals surface area (Å²) in [5.74, 6) is -0.847. The minimum atomic E-state index is -0.507. The zero-order valence-corrected chi connectivity index (χ0v) is 8.38. The van der Waals surface area contributed by atoms with Gasteiger partial charge in [0.25, 0.3) is 0 Å². The van der Waals surface area contributed by atoms with Crippen molar-refractivity contribution in [2.45, 2.75) is 6.92 Å². The highest BCUT2D eigenvalue weighted by Gasteiger charge is 2.06. The summed E-state index contributed by atoms with van der Waals surface area (Å²) in [4.78, 5) is 10.8. The van der Waals surface area contributed by atoms with Crippen molar-refractivity contribution in [3.05, 3.63) is 30.3 Å². The Bertz CT molecular complexity index is 511. The van der Waals surface area contributed by atoms with E-state index in [0.29, 0.717) is 5.69 Å². The second kappa shape index (κ2) is 4.05. The molecule has 6 nitrogen and oxygen atoms in total. The number of anilines is 1. The first-order valence-corrected chi connectivity index (χ1v) is 4.47. The summed E-state index contributed by atoms with van der Waals surface area (Å²) >= 11 is 0. The molecule has 0 atom stereocenters. The summed E-state index contributed by atoms with van der Waals surface area (Å²) in [6, 6.07) is 4.20. The monoisotopic (exact) mass is 221 g/mol. The van der Waals surface area contributed by atoms with Gasteiger partial charge in [-0.1, -0.05) is 0 Å². The van der Waals surface area contributed by atoms with Crippen molar-refractivity contribution in [2.75, 3.05) is 5.32 Å².